The average molecular weight is 112 g/mol. The van der Waals surface area contributed by atoms with Gasteiger partial charge in [0.05, 0.1) is 0 Å². The van der Waals surface area contributed by atoms with Crippen LogP contribution in [0.2, 0.25) is 0 Å². The van der Waals surface area contributed by atoms with Crippen molar-refractivity contribution in [2.45, 2.75) is 26.2 Å². The predicted molar refractivity (Wildman–Crippen MR) is 38.2 cm³/mol. The van der Waals surface area contributed by atoms with E-state index in [-0.39, 0.29) is 0 Å². The standard InChI is InChI=1S/C7H14N/c1-4-5-6-7(2)8-3/h2,4-6H2,1,3H3. The summed E-state index contributed by atoms with van der Waals surface area (Å²) >= 11 is 0. The summed E-state index contributed by atoms with van der Waals surface area (Å²) in [6.07, 6.45) is 3.51. The average Bonchev–Trinajstić information content (AvgIpc) is 1.83. The molecule has 0 unspecified atom stereocenters. The van der Waals surface area contributed by atoms with E-state index in [1.165, 1.54) is 12.8 Å². The summed E-state index contributed by atoms with van der Waals surface area (Å²) < 4.78 is 0. The zero-order valence-corrected chi connectivity index (χ0v) is 5.78. The minimum Gasteiger partial charge on any atom is -0.297 e. The number of hydrogen-bond acceptors (Lipinski definition) is 1. The Morgan fingerprint density at radius 2 is 2.25 bits per heavy atom. The van der Waals surface area contributed by atoms with Crippen LogP contribution < -0.4 is 0 Å². The maximum absolute atomic E-state index is 3.93. The lowest BCUT2D eigenvalue weighted by Gasteiger charge is -1.93. The van der Waals surface area contributed by atoms with Crippen molar-refractivity contribution in [3.8, 4) is 0 Å². The van der Waals surface area contributed by atoms with Gasteiger partial charge in [-0.3, -0.25) is 4.99 Å². The first-order valence-corrected chi connectivity index (χ1v) is 3.09. The van der Waals surface area contributed by atoms with Crippen molar-refractivity contribution in [1.82, 2.24) is 0 Å². The maximum Gasteiger partial charge on any atom is 0.0276 e. The number of hydrogen-bond donors (Lipinski definition) is 0. The Balaban J connectivity index is 3.12. The Labute approximate surface area is 51.8 Å². The van der Waals surface area contributed by atoms with E-state index >= 15 is 0 Å². The van der Waals surface area contributed by atoms with Gasteiger partial charge in [-0.2, -0.15) is 0 Å². The Kier molecular flexibility index (Phi) is 4.62. The molecular weight excluding hydrogens is 98.1 g/mol. The first kappa shape index (κ1) is 7.67. The Morgan fingerprint density at radius 1 is 1.62 bits per heavy atom. The fraction of sp³-hybridized carbons (Fsp3) is 0.714. The van der Waals surface area contributed by atoms with E-state index in [9.17, 15) is 0 Å². The molecular formula is C7H14N. The van der Waals surface area contributed by atoms with E-state index in [1.54, 1.807) is 7.05 Å². The third-order valence-electron chi connectivity index (χ3n) is 1.14. The highest BCUT2D eigenvalue weighted by Crippen LogP contribution is 1.94. The zero-order chi connectivity index (χ0) is 6.41. The van der Waals surface area contributed by atoms with Gasteiger partial charge in [-0.15, -0.1) is 0 Å². The van der Waals surface area contributed by atoms with Gasteiger partial charge in [0, 0.05) is 12.8 Å². The Bertz CT molecular complexity index is 74.5. The first-order valence-electron chi connectivity index (χ1n) is 3.09. The number of unbranched alkanes of at least 4 members (excludes halogenated alkanes) is 1. The van der Waals surface area contributed by atoms with Crippen LogP contribution in [0, 0.1) is 6.92 Å². The third kappa shape index (κ3) is 3.85. The van der Waals surface area contributed by atoms with E-state index in [0.717, 1.165) is 12.1 Å². The maximum atomic E-state index is 3.93. The largest absolute Gasteiger partial charge is 0.297 e. The number of rotatable bonds is 3. The summed E-state index contributed by atoms with van der Waals surface area (Å²) in [4.78, 5) is 3.93. The Hall–Kier alpha value is -0.330. The molecule has 1 nitrogen and oxygen atoms in total. The molecule has 0 aliphatic rings. The van der Waals surface area contributed by atoms with E-state index in [2.05, 4.69) is 18.8 Å². The van der Waals surface area contributed by atoms with Gasteiger partial charge in [0.25, 0.3) is 0 Å². The van der Waals surface area contributed by atoms with E-state index in [4.69, 9.17) is 0 Å². The lowest BCUT2D eigenvalue weighted by Crippen LogP contribution is -1.89. The van der Waals surface area contributed by atoms with Crippen LogP contribution in [0.1, 0.15) is 26.2 Å². The van der Waals surface area contributed by atoms with Crippen molar-refractivity contribution in [2.75, 3.05) is 7.05 Å². The van der Waals surface area contributed by atoms with Crippen LogP contribution in [0.4, 0.5) is 0 Å². The smallest absolute Gasteiger partial charge is 0.0276 e. The second-order valence-corrected chi connectivity index (χ2v) is 1.89. The molecule has 0 fully saturated rings. The summed E-state index contributed by atoms with van der Waals surface area (Å²) in [5.41, 5.74) is 1.02. The van der Waals surface area contributed by atoms with Crippen LogP contribution in [0.3, 0.4) is 0 Å². The predicted octanol–water partition coefficient (Wildman–Crippen LogP) is 2.08. The number of aliphatic imine (C=N–C) groups is 1. The highest BCUT2D eigenvalue weighted by Gasteiger charge is 1.85. The van der Waals surface area contributed by atoms with Crippen LogP contribution in [-0.2, 0) is 0 Å². The lowest BCUT2D eigenvalue weighted by atomic mass is 10.2. The fourth-order valence-corrected chi connectivity index (χ4v) is 0.493. The van der Waals surface area contributed by atoms with Gasteiger partial charge >= 0.3 is 0 Å². The number of nitrogens with zero attached hydrogens (tertiary/aromatic N) is 1. The van der Waals surface area contributed by atoms with E-state index in [1.807, 2.05) is 0 Å². The van der Waals surface area contributed by atoms with Crippen LogP contribution in [0.25, 0.3) is 0 Å². The van der Waals surface area contributed by atoms with Crippen LogP contribution in [-0.4, -0.2) is 12.8 Å². The molecule has 1 radical (unpaired) electrons. The van der Waals surface area contributed by atoms with Gasteiger partial charge in [-0.05, 0) is 19.8 Å². The SMILES string of the molecule is [CH2]C(CCCC)=NC. The summed E-state index contributed by atoms with van der Waals surface area (Å²) in [5, 5.41) is 0. The Morgan fingerprint density at radius 3 is 2.62 bits per heavy atom. The normalized spacial score (nSPS) is 12.1. The highest BCUT2D eigenvalue weighted by molar-refractivity contribution is 5.88. The minimum absolute atomic E-state index is 1.02. The van der Waals surface area contributed by atoms with Crippen molar-refractivity contribution in [3.63, 3.8) is 0 Å². The molecule has 0 aromatic carbocycles. The summed E-state index contributed by atoms with van der Waals surface area (Å²) in [7, 11) is 1.79. The fourth-order valence-electron chi connectivity index (χ4n) is 0.493. The molecule has 0 saturated carbocycles. The van der Waals surface area contributed by atoms with Gasteiger partial charge in [-0.25, -0.2) is 0 Å². The van der Waals surface area contributed by atoms with Crippen LogP contribution in [0.5, 0.6) is 0 Å². The van der Waals surface area contributed by atoms with Gasteiger partial charge in [0.1, 0.15) is 0 Å². The second-order valence-electron chi connectivity index (χ2n) is 1.89. The summed E-state index contributed by atoms with van der Waals surface area (Å²) in [6.45, 7) is 5.91. The van der Waals surface area contributed by atoms with Gasteiger partial charge in [0.15, 0.2) is 0 Å². The molecule has 1 heteroatoms. The van der Waals surface area contributed by atoms with Crippen molar-refractivity contribution in [1.29, 1.82) is 0 Å². The lowest BCUT2D eigenvalue weighted by molar-refractivity contribution is 0.835. The van der Waals surface area contributed by atoms with Crippen molar-refractivity contribution < 1.29 is 0 Å². The first-order chi connectivity index (χ1) is 3.81. The molecule has 0 saturated heterocycles. The van der Waals surface area contributed by atoms with Gasteiger partial charge < -0.3 is 0 Å². The van der Waals surface area contributed by atoms with Crippen molar-refractivity contribution in [2.24, 2.45) is 4.99 Å². The molecule has 0 spiro atoms. The quantitative estimate of drug-likeness (QED) is 0.496. The molecule has 8 heavy (non-hydrogen) atoms. The molecule has 0 aliphatic carbocycles. The summed E-state index contributed by atoms with van der Waals surface area (Å²) in [6, 6.07) is 0. The molecule has 0 rings (SSSR count). The topological polar surface area (TPSA) is 12.4 Å². The van der Waals surface area contributed by atoms with E-state index in [0.29, 0.717) is 0 Å². The molecule has 0 amide bonds. The van der Waals surface area contributed by atoms with Crippen molar-refractivity contribution in [3.05, 3.63) is 6.92 Å². The molecule has 0 heterocycles. The monoisotopic (exact) mass is 112 g/mol. The van der Waals surface area contributed by atoms with E-state index < -0.39 is 0 Å². The molecule has 47 valence electrons. The molecule has 0 bridgehead atoms. The second kappa shape index (κ2) is 4.82. The molecule has 0 aliphatic heterocycles. The van der Waals surface area contributed by atoms with Crippen molar-refractivity contribution >= 4 is 5.71 Å². The van der Waals surface area contributed by atoms with Gasteiger partial charge in [0.2, 0.25) is 0 Å². The third-order valence-corrected chi connectivity index (χ3v) is 1.14. The van der Waals surface area contributed by atoms with Crippen LogP contribution in [0.15, 0.2) is 4.99 Å². The zero-order valence-electron chi connectivity index (χ0n) is 5.78. The highest BCUT2D eigenvalue weighted by atomic mass is 14.7. The molecule has 0 aromatic heterocycles. The molecule has 0 N–H and O–H groups in total. The van der Waals surface area contributed by atoms with Crippen LogP contribution >= 0.6 is 0 Å². The van der Waals surface area contributed by atoms with Gasteiger partial charge in [-0.1, -0.05) is 13.3 Å². The minimum atomic E-state index is 1.02. The molecule has 0 atom stereocenters. The molecule has 0 aromatic rings. The summed E-state index contributed by atoms with van der Waals surface area (Å²) in [5.74, 6) is 0.